The number of halogens is 1. The van der Waals surface area contributed by atoms with Crippen LogP contribution in [0.4, 0.5) is 0 Å². The number of nitrogens with zero attached hydrogens (tertiary/aromatic N) is 2. The number of benzene rings is 1. The van der Waals surface area contributed by atoms with Gasteiger partial charge in [0.15, 0.2) is 10.8 Å². The molecule has 2 rings (SSSR count). The summed E-state index contributed by atoms with van der Waals surface area (Å²) in [6.45, 7) is 0. The van der Waals surface area contributed by atoms with Crippen molar-refractivity contribution in [2.75, 3.05) is 0 Å². The van der Waals surface area contributed by atoms with Crippen molar-refractivity contribution in [3.05, 3.63) is 22.2 Å². The Morgan fingerprint density at radius 2 is 2.31 bits per heavy atom. The van der Waals surface area contributed by atoms with Crippen LogP contribution in [0.2, 0.25) is 5.02 Å². The van der Waals surface area contributed by atoms with Crippen molar-refractivity contribution >= 4 is 33.2 Å². The maximum absolute atomic E-state index is 9.47. The van der Waals surface area contributed by atoms with Gasteiger partial charge in [0.25, 0.3) is 0 Å². The second-order valence-corrected chi connectivity index (χ2v) is 3.81. The maximum Gasteiger partial charge on any atom is 0.195 e. The zero-order chi connectivity index (χ0) is 9.42. The lowest BCUT2D eigenvalue weighted by molar-refractivity contribution is 0.481. The molecule has 64 valence electrons. The molecule has 0 atom stereocenters. The zero-order valence-corrected chi connectivity index (χ0v) is 7.85. The molecule has 0 spiro atoms. The highest BCUT2D eigenvalue weighted by molar-refractivity contribution is 7.19. The number of hydrogen-bond acceptors (Lipinski definition) is 4. The van der Waals surface area contributed by atoms with Crippen molar-refractivity contribution in [3.8, 4) is 11.8 Å². The molecule has 5 heteroatoms. The van der Waals surface area contributed by atoms with Crippen LogP contribution in [-0.2, 0) is 0 Å². The predicted octanol–water partition coefficient (Wildman–Crippen LogP) is 2.53. The highest BCUT2D eigenvalue weighted by atomic mass is 35.5. The first-order chi connectivity index (χ1) is 6.22. The third-order valence-electron chi connectivity index (χ3n) is 1.58. The van der Waals surface area contributed by atoms with Gasteiger partial charge in [-0.1, -0.05) is 11.6 Å². The Hall–Kier alpha value is -1.31. The van der Waals surface area contributed by atoms with E-state index in [1.54, 1.807) is 12.1 Å². The molecule has 1 aromatic heterocycles. The summed E-state index contributed by atoms with van der Waals surface area (Å²) < 4.78 is 0.762. The van der Waals surface area contributed by atoms with Gasteiger partial charge in [-0.15, -0.1) is 11.3 Å². The van der Waals surface area contributed by atoms with E-state index < -0.39 is 0 Å². The van der Waals surface area contributed by atoms with E-state index in [0.29, 0.717) is 10.5 Å². The molecule has 1 N–H and O–H groups in total. The molecule has 0 unspecified atom stereocenters. The Balaban J connectivity index is 2.86. The van der Waals surface area contributed by atoms with Crippen molar-refractivity contribution in [2.45, 2.75) is 0 Å². The van der Waals surface area contributed by atoms with Gasteiger partial charge in [0.05, 0.1) is 9.72 Å². The summed E-state index contributed by atoms with van der Waals surface area (Å²) in [7, 11) is 0. The molecule has 3 nitrogen and oxygen atoms in total. The van der Waals surface area contributed by atoms with Crippen molar-refractivity contribution in [3.63, 3.8) is 0 Å². The number of rotatable bonds is 0. The maximum atomic E-state index is 9.47. The molecule has 0 saturated heterocycles. The summed E-state index contributed by atoms with van der Waals surface area (Å²) in [5.74, 6) is -0.0584. The van der Waals surface area contributed by atoms with Crippen LogP contribution in [0.25, 0.3) is 10.2 Å². The van der Waals surface area contributed by atoms with E-state index in [-0.39, 0.29) is 10.8 Å². The summed E-state index contributed by atoms with van der Waals surface area (Å²) >= 11 is 6.90. The number of thiazole rings is 1. The first-order valence-corrected chi connectivity index (χ1v) is 4.60. The van der Waals surface area contributed by atoms with Crippen LogP contribution in [0, 0.1) is 11.3 Å². The lowest BCUT2D eigenvalue weighted by Gasteiger charge is -1.94. The molecule has 1 heterocycles. The molecule has 0 amide bonds. The number of fused-ring (bicyclic) bond motifs is 1. The first-order valence-electron chi connectivity index (χ1n) is 3.40. The zero-order valence-electron chi connectivity index (χ0n) is 6.28. The second-order valence-electron chi connectivity index (χ2n) is 2.37. The first kappa shape index (κ1) is 8.30. The summed E-state index contributed by atoms with van der Waals surface area (Å²) in [6, 6.07) is 5.23. The number of aromatic nitrogens is 1. The molecular formula is C8H3ClN2OS. The summed E-state index contributed by atoms with van der Waals surface area (Å²) in [6.07, 6.45) is 0. The highest BCUT2D eigenvalue weighted by Crippen LogP contribution is 2.34. The van der Waals surface area contributed by atoms with E-state index in [2.05, 4.69) is 4.98 Å². The smallest absolute Gasteiger partial charge is 0.195 e. The molecule has 0 fully saturated rings. The van der Waals surface area contributed by atoms with Crippen LogP contribution >= 0.6 is 22.9 Å². The quantitative estimate of drug-likeness (QED) is 0.727. The van der Waals surface area contributed by atoms with Gasteiger partial charge in [-0.25, -0.2) is 4.98 Å². The Kier molecular flexibility index (Phi) is 1.83. The van der Waals surface area contributed by atoms with E-state index in [1.165, 1.54) is 11.3 Å². The van der Waals surface area contributed by atoms with E-state index in [4.69, 9.17) is 16.9 Å². The predicted molar refractivity (Wildman–Crippen MR) is 51.0 cm³/mol. The highest BCUT2D eigenvalue weighted by Gasteiger charge is 2.09. The fraction of sp³-hybridized carbons (Fsp3) is 0. The van der Waals surface area contributed by atoms with E-state index >= 15 is 0 Å². The van der Waals surface area contributed by atoms with Crippen LogP contribution in [-0.4, -0.2) is 10.1 Å². The molecule has 1 aromatic carbocycles. The molecule has 0 aliphatic carbocycles. The Bertz CT molecular complexity index is 515. The van der Waals surface area contributed by atoms with Gasteiger partial charge in [0, 0.05) is 0 Å². The standard InChI is InChI=1S/C8H3ClN2OS/c9-4-1-2-5-7(8(4)12)11-6(3-10)13-5/h1-2,12H. The monoisotopic (exact) mass is 210 g/mol. The average Bonchev–Trinajstić information content (AvgIpc) is 2.55. The fourth-order valence-electron chi connectivity index (χ4n) is 1.00. The Labute approximate surface area is 82.8 Å². The van der Waals surface area contributed by atoms with Gasteiger partial charge in [0.2, 0.25) is 0 Å². The second kappa shape index (κ2) is 2.87. The van der Waals surface area contributed by atoms with Gasteiger partial charge in [-0.3, -0.25) is 0 Å². The van der Waals surface area contributed by atoms with E-state index in [9.17, 15) is 5.11 Å². The fourth-order valence-corrected chi connectivity index (χ4v) is 1.92. The normalized spacial score (nSPS) is 10.2. The molecular weight excluding hydrogens is 208 g/mol. The lowest BCUT2D eigenvalue weighted by atomic mass is 10.3. The number of aromatic hydroxyl groups is 1. The largest absolute Gasteiger partial charge is 0.504 e. The van der Waals surface area contributed by atoms with E-state index in [1.807, 2.05) is 6.07 Å². The Morgan fingerprint density at radius 1 is 1.54 bits per heavy atom. The van der Waals surface area contributed by atoms with Crippen LogP contribution in [0.5, 0.6) is 5.75 Å². The molecule has 0 aliphatic rings. The summed E-state index contributed by atoms with van der Waals surface area (Å²) in [5, 5.41) is 18.6. The molecule has 13 heavy (non-hydrogen) atoms. The number of phenolic OH excluding ortho intramolecular Hbond substituents is 1. The van der Waals surface area contributed by atoms with E-state index in [0.717, 1.165) is 4.70 Å². The lowest BCUT2D eigenvalue weighted by Crippen LogP contribution is -1.73. The number of phenols is 1. The van der Waals surface area contributed by atoms with Crippen molar-refractivity contribution in [1.29, 1.82) is 5.26 Å². The van der Waals surface area contributed by atoms with Crippen LogP contribution in [0.3, 0.4) is 0 Å². The molecule has 0 bridgehead atoms. The Morgan fingerprint density at radius 3 is 3.00 bits per heavy atom. The van der Waals surface area contributed by atoms with Crippen LogP contribution < -0.4 is 0 Å². The van der Waals surface area contributed by atoms with Crippen molar-refractivity contribution in [1.82, 2.24) is 4.98 Å². The van der Waals surface area contributed by atoms with Crippen LogP contribution in [0.15, 0.2) is 12.1 Å². The minimum atomic E-state index is -0.0584. The minimum Gasteiger partial charge on any atom is -0.504 e. The molecule has 2 aromatic rings. The summed E-state index contributed by atoms with van der Waals surface area (Å²) in [5.41, 5.74) is 0.397. The average molecular weight is 211 g/mol. The summed E-state index contributed by atoms with van der Waals surface area (Å²) in [4.78, 5) is 3.91. The molecule has 0 radical (unpaired) electrons. The third-order valence-corrected chi connectivity index (χ3v) is 2.81. The molecule has 0 aliphatic heterocycles. The molecule has 0 saturated carbocycles. The van der Waals surface area contributed by atoms with Crippen LogP contribution in [0.1, 0.15) is 5.01 Å². The SMILES string of the molecule is N#Cc1nc2c(O)c(Cl)ccc2s1. The van der Waals surface area contributed by atoms with Gasteiger partial charge >= 0.3 is 0 Å². The van der Waals surface area contributed by atoms with Crippen molar-refractivity contribution in [2.24, 2.45) is 0 Å². The number of nitriles is 1. The topological polar surface area (TPSA) is 56.9 Å². The van der Waals surface area contributed by atoms with Gasteiger partial charge in [0.1, 0.15) is 11.6 Å². The number of hydrogen-bond donors (Lipinski definition) is 1. The van der Waals surface area contributed by atoms with Crippen molar-refractivity contribution < 1.29 is 5.11 Å². The van der Waals surface area contributed by atoms with Gasteiger partial charge < -0.3 is 5.11 Å². The van der Waals surface area contributed by atoms with Gasteiger partial charge in [-0.05, 0) is 12.1 Å². The third kappa shape index (κ3) is 1.22. The van der Waals surface area contributed by atoms with Gasteiger partial charge in [-0.2, -0.15) is 5.26 Å². The minimum absolute atomic E-state index is 0.0584.